The van der Waals surface area contributed by atoms with Crippen LogP contribution in [0.25, 0.3) is 0 Å². The normalized spacial score (nSPS) is 10.3. The van der Waals surface area contributed by atoms with Gasteiger partial charge in [-0.15, -0.1) is 0 Å². The molecule has 26 heavy (non-hydrogen) atoms. The molecule has 2 amide bonds. The predicted molar refractivity (Wildman–Crippen MR) is 104 cm³/mol. The molecular formula is C20H23ClN2O3. The summed E-state index contributed by atoms with van der Waals surface area (Å²) < 4.78 is 5.49. The van der Waals surface area contributed by atoms with Crippen LogP contribution in [0.2, 0.25) is 5.02 Å². The molecule has 0 saturated carbocycles. The monoisotopic (exact) mass is 374 g/mol. The molecule has 0 bridgehead atoms. The van der Waals surface area contributed by atoms with Gasteiger partial charge in [0.05, 0.1) is 0 Å². The number of hydrogen-bond acceptors (Lipinski definition) is 3. The first-order chi connectivity index (χ1) is 12.3. The third-order valence-electron chi connectivity index (χ3n) is 3.84. The number of halogens is 1. The van der Waals surface area contributed by atoms with Gasteiger partial charge < -0.3 is 15.0 Å². The molecule has 5 nitrogen and oxygen atoms in total. The number of nitrogens with zero attached hydrogens (tertiary/aromatic N) is 1. The molecule has 0 aromatic heterocycles. The van der Waals surface area contributed by atoms with Gasteiger partial charge in [-0.1, -0.05) is 23.7 Å². The highest BCUT2D eigenvalue weighted by Crippen LogP contribution is 2.21. The van der Waals surface area contributed by atoms with Crippen LogP contribution in [-0.4, -0.2) is 37.4 Å². The van der Waals surface area contributed by atoms with E-state index in [1.165, 1.54) is 0 Å². The number of carbonyl (C=O) groups is 2. The first kappa shape index (κ1) is 19.8. The molecule has 2 rings (SSSR count). The maximum absolute atomic E-state index is 12.1. The van der Waals surface area contributed by atoms with Gasteiger partial charge >= 0.3 is 0 Å². The Balaban J connectivity index is 1.87. The van der Waals surface area contributed by atoms with Gasteiger partial charge in [-0.25, -0.2) is 0 Å². The van der Waals surface area contributed by atoms with E-state index in [1.807, 2.05) is 31.2 Å². The van der Waals surface area contributed by atoms with Crippen molar-refractivity contribution in [2.24, 2.45) is 0 Å². The average molecular weight is 375 g/mol. The van der Waals surface area contributed by atoms with E-state index in [0.29, 0.717) is 29.3 Å². The van der Waals surface area contributed by atoms with Gasteiger partial charge in [0, 0.05) is 31.2 Å². The van der Waals surface area contributed by atoms with Crippen LogP contribution in [0.5, 0.6) is 5.75 Å². The average Bonchev–Trinajstić information content (AvgIpc) is 2.61. The maximum Gasteiger partial charge on any atom is 0.262 e. The number of carbonyl (C=O) groups excluding carboxylic acids is 2. The summed E-state index contributed by atoms with van der Waals surface area (Å²) in [6.07, 6.45) is 1.06. The third kappa shape index (κ3) is 6.08. The van der Waals surface area contributed by atoms with Crippen LogP contribution in [0.3, 0.4) is 0 Å². The van der Waals surface area contributed by atoms with Crippen LogP contribution < -0.4 is 10.1 Å². The van der Waals surface area contributed by atoms with Gasteiger partial charge in [0.2, 0.25) is 5.91 Å². The molecule has 2 aromatic carbocycles. The topological polar surface area (TPSA) is 58.6 Å². The number of amides is 2. The smallest absolute Gasteiger partial charge is 0.262 e. The second-order valence-corrected chi connectivity index (χ2v) is 6.64. The van der Waals surface area contributed by atoms with Crippen molar-refractivity contribution >= 4 is 29.1 Å². The first-order valence-electron chi connectivity index (χ1n) is 8.33. The molecule has 0 aliphatic rings. The van der Waals surface area contributed by atoms with E-state index < -0.39 is 0 Å². The van der Waals surface area contributed by atoms with Gasteiger partial charge in [0.1, 0.15) is 5.75 Å². The van der Waals surface area contributed by atoms with Crippen LogP contribution in [0.1, 0.15) is 17.5 Å². The molecule has 0 heterocycles. The summed E-state index contributed by atoms with van der Waals surface area (Å²) in [5.41, 5.74) is 2.57. The lowest BCUT2D eigenvalue weighted by atomic mass is 10.1. The number of benzene rings is 2. The fourth-order valence-corrected chi connectivity index (χ4v) is 2.45. The molecule has 0 aliphatic heterocycles. The molecular weight excluding hydrogens is 352 g/mol. The van der Waals surface area contributed by atoms with Crippen molar-refractivity contribution in [2.45, 2.75) is 19.8 Å². The first-order valence-corrected chi connectivity index (χ1v) is 8.71. The zero-order valence-electron chi connectivity index (χ0n) is 15.2. The third-order valence-corrected chi connectivity index (χ3v) is 4.26. The molecule has 0 radical (unpaired) electrons. The van der Waals surface area contributed by atoms with Crippen molar-refractivity contribution in [3.63, 3.8) is 0 Å². The van der Waals surface area contributed by atoms with Gasteiger partial charge in [-0.2, -0.15) is 0 Å². The summed E-state index contributed by atoms with van der Waals surface area (Å²) in [7, 11) is 3.47. The van der Waals surface area contributed by atoms with Crippen molar-refractivity contribution < 1.29 is 14.3 Å². The minimum absolute atomic E-state index is 0.0751. The molecule has 138 valence electrons. The lowest BCUT2D eigenvalue weighted by molar-refractivity contribution is -0.128. The Bertz CT molecular complexity index is 790. The second kappa shape index (κ2) is 9.25. The largest absolute Gasteiger partial charge is 0.484 e. The highest BCUT2D eigenvalue weighted by molar-refractivity contribution is 6.31. The maximum atomic E-state index is 12.1. The minimum atomic E-state index is -0.251. The van der Waals surface area contributed by atoms with E-state index in [9.17, 15) is 9.59 Å². The van der Waals surface area contributed by atoms with Gasteiger partial charge in [0.25, 0.3) is 5.91 Å². The summed E-state index contributed by atoms with van der Waals surface area (Å²) >= 11 is 5.97. The fraction of sp³-hybridized carbons (Fsp3) is 0.300. The fourth-order valence-electron chi connectivity index (χ4n) is 2.33. The van der Waals surface area contributed by atoms with Crippen LogP contribution in [0.15, 0.2) is 42.5 Å². The summed E-state index contributed by atoms with van der Waals surface area (Å²) in [4.78, 5) is 25.3. The lowest BCUT2D eigenvalue weighted by Gasteiger charge is -2.11. The zero-order chi connectivity index (χ0) is 19.1. The van der Waals surface area contributed by atoms with E-state index in [2.05, 4.69) is 5.32 Å². The van der Waals surface area contributed by atoms with Crippen molar-refractivity contribution in [1.29, 1.82) is 0 Å². The molecule has 1 N–H and O–H groups in total. The van der Waals surface area contributed by atoms with E-state index in [-0.39, 0.29) is 18.4 Å². The van der Waals surface area contributed by atoms with Crippen LogP contribution >= 0.6 is 11.6 Å². The number of anilines is 1. The zero-order valence-corrected chi connectivity index (χ0v) is 16.0. The molecule has 2 aromatic rings. The standard InChI is InChI=1S/C20H23ClN2O3/c1-14-11-17(8-9-18(14)21)26-13-19(24)22-16-6-4-5-15(12-16)7-10-20(25)23(2)3/h4-6,8-9,11-12H,7,10,13H2,1-3H3,(H,22,24). The van der Waals surface area contributed by atoms with E-state index in [1.54, 1.807) is 37.2 Å². The summed E-state index contributed by atoms with van der Waals surface area (Å²) in [6, 6.07) is 12.7. The summed E-state index contributed by atoms with van der Waals surface area (Å²) in [6.45, 7) is 1.78. The number of ether oxygens (including phenoxy) is 1. The molecule has 0 spiro atoms. The van der Waals surface area contributed by atoms with Crippen molar-refractivity contribution in [3.05, 3.63) is 58.6 Å². The second-order valence-electron chi connectivity index (χ2n) is 6.24. The number of rotatable bonds is 7. The Labute approximate surface area is 158 Å². The Morgan fingerprint density at radius 3 is 2.62 bits per heavy atom. The Kier molecular flexibility index (Phi) is 7.04. The van der Waals surface area contributed by atoms with Gasteiger partial charge in [-0.05, 0) is 54.8 Å². The lowest BCUT2D eigenvalue weighted by Crippen LogP contribution is -2.22. The molecule has 0 fully saturated rings. The van der Waals surface area contributed by atoms with Crippen molar-refractivity contribution in [2.75, 3.05) is 26.0 Å². The van der Waals surface area contributed by atoms with Crippen molar-refractivity contribution in [1.82, 2.24) is 4.90 Å². The van der Waals surface area contributed by atoms with Gasteiger partial charge in [-0.3, -0.25) is 9.59 Å². The minimum Gasteiger partial charge on any atom is -0.484 e. The Hall–Kier alpha value is -2.53. The predicted octanol–water partition coefficient (Wildman–Crippen LogP) is 3.69. The number of nitrogens with one attached hydrogen (secondary N) is 1. The summed E-state index contributed by atoms with van der Waals surface area (Å²) in [5, 5.41) is 3.46. The van der Waals surface area contributed by atoms with E-state index >= 15 is 0 Å². The summed E-state index contributed by atoms with van der Waals surface area (Å²) in [5.74, 6) is 0.420. The van der Waals surface area contributed by atoms with Crippen LogP contribution in [0, 0.1) is 6.92 Å². The molecule has 0 aliphatic carbocycles. The van der Waals surface area contributed by atoms with Crippen LogP contribution in [0.4, 0.5) is 5.69 Å². The quantitative estimate of drug-likeness (QED) is 0.804. The molecule has 0 saturated heterocycles. The van der Waals surface area contributed by atoms with E-state index in [4.69, 9.17) is 16.3 Å². The highest BCUT2D eigenvalue weighted by atomic mass is 35.5. The number of hydrogen-bond donors (Lipinski definition) is 1. The Morgan fingerprint density at radius 2 is 1.92 bits per heavy atom. The molecule has 6 heteroatoms. The number of aryl methyl sites for hydroxylation is 2. The van der Waals surface area contributed by atoms with Crippen LogP contribution in [-0.2, 0) is 16.0 Å². The SMILES string of the molecule is Cc1cc(OCC(=O)Nc2cccc(CCC(=O)N(C)C)c2)ccc1Cl. The highest BCUT2D eigenvalue weighted by Gasteiger charge is 2.07. The van der Waals surface area contributed by atoms with Crippen molar-refractivity contribution in [3.8, 4) is 5.75 Å². The Morgan fingerprint density at radius 1 is 1.15 bits per heavy atom. The van der Waals surface area contributed by atoms with E-state index in [0.717, 1.165) is 11.1 Å². The van der Waals surface area contributed by atoms with Gasteiger partial charge in [0.15, 0.2) is 6.61 Å². The molecule has 0 unspecified atom stereocenters. The molecule has 0 atom stereocenters.